The second-order valence-corrected chi connectivity index (χ2v) is 6.25. The van der Waals surface area contributed by atoms with Crippen molar-refractivity contribution >= 4 is 11.9 Å². The highest BCUT2D eigenvalue weighted by Crippen LogP contribution is 2.23. The van der Waals surface area contributed by atoms with Crippen LogP contribution >= 0.6 is 0 Å². The molecule has 0 N–H and O–H groups in total. The number of hydrogen-bond acceptors (Lipinski definition) is 4. The minimum Gasteiger partial charge on any atom is -0.466 e. The fourth-order valence-corrected chi connectivity index (χ4v) is 2.72. The SMILES string of the molecule is CCCCCCCCCCC(C(=O)OC)=C(C(=O)OC)C(C)C. The largest absolute Gasteiger partial charge is 0.466 e. The number of carbonyl (C=O) groups is 2. The van der Waals surface area contributed by atoms with Crippen LogP contribution in [-0.4, -0.2) is 26.2 Å². The second-order valence-electron chi connectivity index (χ2n) is 6.25. The van der Waals surface area contributed by atoms with E-state index in [0.29, 0.717) is 17.6 Å². The van der Waals surface area contributed by atoms with Gasteiger partial charge in [0.15, 0.2) is 0 Å². The molecule has 0 atom stereocenters. The Bertz CT molecular complexity index is 383. The average Bonchev–Trinajstić information content (AvgIpc) is 2.54. The molecule has 0 bridgehead atoms. The maximum absolute atomic E-state index is 12.0. The molecule has 0 rings (SSSR count). The van der Waals surface area contributed by atoms with Crippen LogP contribution in [0.15, 0.2) is 11.1 Å². The van der Waals surface area contributed by atoms with Crippen LogP contribution in [0.3, 0.4) is 0 Å². The molecule has 0 unspecified atom stereocenters. The van der Waals surface area contributed by atoms with Gasteiger partial charge in [0, 0.05) is 5.57 Å². The van der Waals surface area contributed by atoms with Crippen LogP contribution in [0.2, 0.25) is 0 Å². The summed E-state index contributed by atoms with van der Waals surface area (Å²) < 4.78 is 9.68. The van der Waals surface area contributed by atoms with Crippen LogP contribution in [0.5, 0.6) is 0 Å². The first-order valence-electron chi connectivity index (χ1n) is 8.89. The van der Waals surface area contributed by atoms with E-state index < -0.39 is 11.9 Å². The Morgan fingerprint density at radius 2 is 1.26 bits per heavy atom. The van der Waals surface area contributed by atoms with Crippen LogP contribution in [0.1, 0.15) is 78.6 Å². The third kappa shape index (κ3) is 8.77. The standard InChI is InChI=1S/C19H34O4/c1-6-7-8-9-10-11-12-13-14-16(18(20)22-4)17(15(2)3)19(21)23-5/h15H,6-14H2,1-5H3. The lowest BCUT2D eigenvalue weighted by atomic mass is 9.93. The Morgan fingerprint density at radius 1 is 0.783 bits per heavy atom. The Labute approximate surface area is 141 Å². The van der Waals surface area contributed by atoms with Gasteiger partial charge in [-0.1, -0.05) is 65.7 Å². The number of esters is 2. The molecule has 0 amide bonds. The van der Waals surface area contributed by atoms with Crippen molar-refractivity contribution in [1.82, 2.24) is 0 Å². The van der Waals surface area contributed by atoms with Crippen LogP contribution in [0, 0.1) is 5.92 Å². The molecule has 0 aromatic carbocycles. The maximum Gasteiger partial charge on any atom is 0.334 e. The highest BCUT2D eigenvalue weighted by molar-refractivity contribution is 6.00. The summed E-state index contributed by atoms with van der Waals surface area (Å²) in [7, 11) is 2.70. The molecule has 4 heteroatoms. The van der Waals surface area contributed by atoms with Gasteiger partial charge >= 0.3 is 11.9 Å². The summed E-state index contributed by atoms with van der Waals surface area (Å²) in [5.41, 5.74) is 0.919. The van der Waals surface area contributed by atoms with Gasteiger partial charge in [-0.2, -0.15) is 0 Å². The zero-order chi connectivity index (χ0) is 17.7. The number of methoxy groups -OCH3 is 2. The van der Waals surface area contributed by atoms with E-state index in [1.54, 1.807) is 0 Å². The molecular weight excluding hydrogens is 292 g/mol. The van der Waals surface area contributed by atoms with Gasteiger partial charge in [0.25, 0.3) is 0 Å². The number of rotatable bonds is 12. The van der Waals surface area contributed by atoms with Gasteiger partial charge in [-0.15, -0.1) is 0 Å². The minimum absolute atomic E-state index is 0.0643. The molecule has 0 aliphatic heterocycles. The molecule has 0 aliphatic rings. The first-order valence-corrected chi connectivity index (χ1v) is 8.89. The van der Waals surface area contributed by atoms with E-state index in [1.165, 1.54) is 52.7 Å². The summed E-state index contributed by atoms with van der Waals surface area (Å²) in [4.78, 5) is 24.0. The Hall–Kier alpha value is -1.32. The van der Waals surface area contributed by atoms with E-state index in [9.17, 15) is 9.59 Å². The highest BCUT2D eigenvalue weighted by atomic mass is 16.5. The smallest absolute Gasteiger partial charge is 0.334 e. The number of ether oxygens (including phenoxy) is 2. The lowest BCUT2D eigenvalue weighted by Gasteiger charge is -2.15. The molecule has 0 spiro atoms. The molecule has 0 heterocycles. The normalized spacial score (nSPS) is 12.1. The van der Waals surface area contributed by atoms with Gasteiger partial charge in [0.2, 0.25) is 0 Å². The molecule has 0 radical (unpaired) electrons. The van der Waals surface area contributed by atoms with Crippen LogP contribution in [0.4, 0.5) is 0 Å². The fraction of sp³-hybridized carbons (Fsp3) is 0.789. The van der Waals surface area contributed by atoms with Crippen molar-refractivity contribution in [3.05, 3.63) is 11.1 Å². The molecule has 0 saturated heterocycles. The Balaban J connectivity index is 4.57. The number of carbonyl (C=O) groups excluding carboxylic acids is 2. The van der Waals surface area contributed by atoms with Crippen LogP contribution in [0.25, 0.3) is 0 Å². The van der Waals surface area contributed by atoms with E-state index >= 15 is 0 Å². The van der Waals surface area contributed by atoms with Crippen molar-refractivity contribution in [2.45, 2.75) is 78.6 Å². The summed E-state index contributed by atoms with van der Waals surface area (Å²) in [6.07, 6.45) is 10.1. The zero-order valence-corrected chi connectivity index (χ0v) is 15.6. The van der Waals surface area contributed by atoms with E-state index in [1.807, 2.05) is 13.8 Å². The van der Waals surface area contributed by atoms with Crippen molar-refractivity contribution in [3.63, 3.8) is 0 Å². The lowest BCUT2D eigenvalue weighted by Crippen LogP contribution is -2.18. The monoisotopic (exact) mass is 326 g/mol. The van der Waals surface area contributed by atoms with Crippen LogP contribution < -0.4 is 0 Å². The molecule has 0 aromatic heterocycles. The van der Waals surface area contributed by atoms with Crippen molar-refractivity contribution in [2.24, 2.45) is 5.92 Å². The molecule has 0 saturated carbocycles. The summed E-state index contributed by atoms with van der Waals surface area (Å²) >= 11 is 0. The van der Waals surface area contributed by atoms with E-state index in [-0.39, 0.29) is 5.92 Å². The first-order chi connectivity index (χ1) is 11.0. The maximum atomic E-state index is 12.0. The van der Waals surface area contributed by atoms with E-state index in [0.717, 1.165) is 12.8 Å². The lowest BCUT2D eigenvalue weighted by molar-refractivity contribution is -0.139. The zero-order valence-electron chi connectivity index (χ0n) is 15.6. The molecule has 4 nitrogen and oxygen atoms in total. The third-order valence-corrected chi connectivity index (χ3v) is 4.02. The molecule has 0 fully saturated rings. The number of hydrogen-bond donors (Lipinski definition) is 0. The Kier molecular flexibility index (Phi) is 12.4. The van der Waals surface area contributed by atoms with E-state index in [4.69, 9.17) is 9.47 Å². The summed E-state index contributed by atoms with van der Waals surface area (Å²) in [5, 5.41) is 0. The molecule has 0 aromatic rings. The predicted molar refractivity (Wildman–Crippen MR) is 93.1 cm³/mol. The van der Waals surface area contributed by atoms with Gasteiger partial charge in [0.1, 0.15) is 0 Å². The van der Waals surface area contributed by atoms with Crippen molar-refractivity contribution < 1.29 is 19.1 Å². The van der Waals surface area contributed by atoms with Gasteiger partial charge in [-0.05, 0) is 18.8 Å². The third-order valence-electron chi connectivity index (χ3n) is 4.02. The molecule has 0 aliphatic carbocycles. The van der Waals surface area contributed by atoms with E-state index in [2.05, 4.69) is 6.92 Å². The van der Waals surface area contributed by atoms with Gasteiger partial charge < -0.3 is 9.47 Å². The summed E-state index contributed by atoms with van der Waals surface area (Å²) in [6, 6.07) is 0. The van der Waals surface area contributed by atoms with Crippen LogP contribution in [-0.2, 0) is 19.1 Å². The molecular formula is C19H34O4. The summed E-state index contributed by atoms with van der Waals surface area (Å²) in [6.45, 7) is 6.00. The average molecular weight is 326 g/mol. The number of unbranched alkanes of at least 4 members (excludes halogenated alkanes) is 7. The highest BCUT2D eigenvalue weighted by Gasteiger charge is 2.24. The fourth-order valence-electron chi connectivity index (χ4n) is 2.72. The summed E-state index contributed by atoms with van der Waals surface area (Å²) in [5.74, 6) is -0.910. The topological polar surface area (TPSA) is 52.6 Å². The van der Waals surface area contributed by atoms with Gasteiger partial charge in [-0.25, -0.2) is 9.59 Å². The van der Waals surface area contributed by atoms with Gasteiger partial charge in [-0.3, -0.25) is 0 Å². The minimum atomic E-state index is -0.431. The molecule has 23 heavy (non-hydrogen) atoms. The quantitative estimate of drug-likeness (QED) is 0.293. The van der Waals surface area contributed by atoms with Crippen molar-refractivity contribution in [1.29, 1.82) is 0 Å². The van der Waals surface area contributed by atoms with Crippen molar-refractivity contribution in [3.8, 4) is 0 Å². The molecule has 134 valence electrons. The predicted octanol–water partition coefficient (Wildman–Crippen LogP) is 4.82. The Morgan fingerprint density at radius 3 is 1.70 bits per heavy atom. The first kappa shape index (κ1) is 21.7. The van der Waals surface area contributed by atoms with Crippen molar-refractivity contribution in [2.75, 3.05) is 14.2 Å². The van der Waals surface area contributed by atoms with Gasteiger partial charge in [0.05, 0.1) is 19.8 Å². The second kappa shape index (κ2) is 13.1.